The van der Waals surface area contributed by atoms with Crippen LogP contribution in [0.1, 0.15) is 12.8 Å². The summed E-state index contributed by atoms with van der Waals surface area (Å²) in [5.74, 6) is 0. The van der Waals surface area contributed by atoms with Crippen LogP contribution in [0.4, 0.5) is 5.69 Å². The minimum atomic E-state index is -3.50. The van der Waals surface area contributed by atoms with Crippen molar-refractivity contribution in [3.8, 4) is 0 Å². The van der Waals surface area contributed by atoms with Crippen molar-refractivity contribution in [2.45, 2.75) is 17.7 Å². The normalized spacial score (nSPS) is 12.0. The van der Waals surface area contributed by atoms with E-state index in [4.69, 9.17) is 17.3 Å². The number of unbranched alkanes of at least 4 members (excludes halogenated alkanes) is 1. The van der Waals surface area contributed by atoms with Crippen molar-refractivity contribution in [1.82, 2.24) is 9.62 Å². The van der Waals surface area contributed by atoms with Crippen molar-refractivity contribution in [2.24, 2.45) is 0 Å². The molecule has 0 aliphatic rings. The predicted octanol–water partition coefficient (Wildman–Crippen LogP) is 1.54. The lowest BCUT2D eigenvalue weighted by Crippen LogP contribution is -2.25. The van der Waals surface area contributed by atoms with Crippen molar-refractivity contribution >= 4 is 27.3 Å². The maximum absolute atomic E-state index is 12.0. The number of nitrogens with zero attached hydrogens (tertiary/aromatic N) is 1. The molecule has 0 spiro atoms. The average molecular weight is 306 g/mol. The molecule has 1 aromatic rings. The molecule has 0 fully saturated rings. The van der Waals surface area contributed by atoms with Gasteiger partial charge in [0.05, 0.1) is 15.6 Å². The number of rotatable bonds is 7. The molecule has 0 heterocycles. The summed E-state index contributed by atoms with van der Waals surface area (Å²) in [6.07, 6.45) is 1.73. The molecular weight excluding hydrogens is 286 g/mol. The highest BCUT2D eigenvalue weighted by Crippen LogP contribution is 2.22. The van der Waals surface area contributed by atoms with Crippen LogP contribution >= 0.6 is 11.6 Å². The lowest BCUT2D eigenvalue weighted by Gasteiger charge is -2.10. The van der Waals surface area contributed by atoms with E-state index in [0.717, 1.165) is 19.4 Å². The van der Waals surface area contributed by atoms with Crippen LogP contribution in [0.5, 0.6) is 0 Å². The van der Waals surface area contributed by atoms with Gasteiger partial charge in [0, 0.05) is 6.54 Å². The summed E-state index contributed by atoms with van der Waals surface area (Å²) in [7, 11) is 0.469. The SMILES string of the molecule is CN(C)CCCCNS(=O)(=O)c1ccc(N)c(Cl)c1. The Hall–Kier alpha value is -0.820. The van der Waals surface area contributed by atoms with Crippen molar-refractivity contribution in [2.75, 3.05) is 32.9 Å². The number of sulfonamides is 1. The van der Waals surface area contributed by atoms with Crippen LogP contribution in [0.25, 0.3) is 0 Å². The van der Waals surface area contributed by atoms with E-state index in [1.165, 1.54) is 18.2 Å². The Bertz CT molecular complexity index is 518. The number of nitrogens with two attached hydrogens (primary N) is 1. The molecular formula is C12H20ClN3O2S. The van der Waals surface area contributed by atoms with Crippen LogP contribution in [0.2, 0.25) is 5.02 Å². The topological polar surface area (TPSA) is 75.4 Å². The van der Waals surface area contributed by atoms with Gasteiger partial charge >= 0.3 is 0 Å². The van der Waals surface area contributed by atoms with E-state index in [2.05, 4.69) is 9.62 Å². The second-order valence-electron chi connectivity index (χ2n) is 4.59. The molecule has 1 rings (SSSR count). The zero-order chi connectivity index (χ0) is 14.5. The molecule has 0 saturated carbocycles. The van der Waals surface area contributed by atoms with Crippen LogP contribution in [0, 0.1) is 0 Å². The van der Waals surface area contributed by atoms with Gasteiger partial charge in [0.2, 0.25) is 10.0 Å². The Labute approximate surface area is 119 Å². The quantitative estimate of drug-likeness (QED) is 0.592. The van der Waals surface area contributed by atoms with Gasteiger partial charge in [0.25, 0.3) is 0 Å². The fraction of sp³-hybridized carbons (Fsp3) is 0.500. The number of nitrogens with one attached hydrogen (secondary N) is 1. The summed E-state index contributed by atoms with van der Waals surface area (Å²) in [4.78, 5) is 2.20. The second kappa shape index (κ2) is 7.09. The number of hydrogen-bond donors (Lipinski definition) is 2. The van der Waals surface area contributed by atoms with Gasteiger partial charge in [-0.05, 0) is 51.7 Å². The Morgan fingerprint density at radius 1 is 1.32 bits per heavy atom. The van der Waals surface area contributed by atoms with Gasteiger partial charge in [-0.1, -0.05) is 11.6 Å². The Morgan fingerprint density at radius 3 is 2.58 bits per heavy atom. The van der Waals surface area contributed by atoms with Gasteiger partial charge < -0.3 is 10.6 Å². The molecule has 3 N–H and O–H groups in total. The van der Waals surface area contributed by atoms with E-state index in [9.17, 15) is 8.42 Å². The van der Waals surface area contributed by atoms with E-state index >= 15 is 0 Å². The molecule has 0 saturated heterocycles. The highest BCUT2D eigenvalue weighted by atomic mass is 35.5. The van der Waals surface area contributed by atoms with Gasteiger partial charge in [-0.2, -0.15) is 0 Å². The van der Waals surface area contributed by atoms with Crippen molar-refractivity contribution in [1.29, 1.82) is 0 Å². The number of hydrogen-bond acceptors (Lipinski definition) is 4. The molecule has 19 heavy (non-hydrogen) atoms. The van der Waals surface area contributed by atoms with Gasteiger partial charge in [-0.3, -0.25) is 0 Å². The second-order valence-corrected chi connectivity index (χ2v) is 6.77. The van der Waals surface area contributed by atoms with Crippen LogP contribution in [-0.2, 0) is 10.0 Å². The summed E-state index contributed by atoms with van der Waals surface area (Å²) < 4.78 is 26.5. The van der Waals surface area contributed by atoms with E-state index in [0.29, 0.717) is 12.2 Å². The van der Waals surface area contributed by atoms with Crippen LogP contribution in [-0.4, -0.2) is 40.5 Å². The number of nitrogen functional groups attached to an aromatic ring is 1. The fourth-order valence-corrected chi connectivity index (χ4v) is 2.86. The molecule has 108 valence electrons. The first-order chi connectivity index (χ1) is 8.83. The third-order valence-corrected chi connectivity index (χ3v) is 4.39. The van der Waals surface area contributed by atoms with Crippen molar-refractivity contribution in [3.05, 3.63) is 23.2 Å². The smallest absolute Gasteiger partial charge is 0.240 e. The van der Waals surface area contributed by atoms with E-state index < -0.39 is 10.0 Å². The largest absolute Gasteiger partial charge is 0.398 e. The third kappa shape index (κ3) is 5.36. The third-order valence-electron chi connectivity index (χ3n) is 2.61. The fourth-order valence-electron chi connectivity index (χ4n) is 1.52. The first kappa shape index (κ1) is 16.2. The molecule has 0 aliphatic heterocycles. The molecule has 7 heteroatoms. The number of halogens is 1. The summed E-state index contributed by atoms with van der Waals surface area (Å²) in [5, 5.41) is 0.246. The maximum Gasteiger partial charge on any atom is 0.240 e. The molecule has 5 nitrogen and oxygen atoms in total. The minimum absolute atomic E-state index is 0.138. The molecule has 0 bridgehead atoms. The van der Waals surface area contributed by atoms with Gasteiger partial charge in [-0.15, -0.1) is 0 Å². The highest BCUT2D eigenvalue weighted by Gasteiger charge is 2.14. The maximum atomic E-state index is 12.0. The van der Waals surface area contributed by atoms with Crippen LogP contribution in [0.3, 0.4) is 0 Å². The van der Waals surface area contributed by atoms with E-state index in [-0.39, 0.29) is 9.92 Å². The molecule has 0 aliphatic carbocycles. The van der Waals surface area contributed by atoms with Crippen LogP contribution in [0.15, 0.2) is 23.1 Å². The predicted molar refractivity (Wildman–Crippen MR) is 78.8 cm³/mol. The zero-order valence-electron chi connectivity index (χ0n) is 11.2. The summed E-state index contributed by atoms with van der Waals surface area (Å²) >= 11 is 5.82. The standard InChI is InChI=1S/C12H20ClN3O2S/c1-16(2)8-4-3-7-15-19(17,18)10-5-6-12(14)11(13)9-10/h5-6,9,15H,3-4,7-8,14H2,1-2H3. The van der Waals surface area contributed by atoms with Crippen molar-refractivity contribution < 1.29 is 8.42 Å². The first-order valence-corrected chi connectivity index (χ1v) is 7.88. The van der Waals surface area contributed by atoms with E-state index in [1.54, 1.807) is 0 Å². The average Bonchev–Trinajstić information content (AvgIpc) is 2.31. The van der Waals surface area contributed by atoms with Gasteiger partial charge in [-0.25, -0.2) is 13.1 Å². The monoisotopic (exact) mass is 305 g/mol. The van der Waals surface area contributed by atoms with Crippen LogP contribution < -0.4 is 10.5 Å². The highest BCUT2D eigenvalue weighted by molar-refractivity contribution is 7.89. The first-order valence-electron chi connectivity index (χ1n) is 6.02. The molecule has 0 radical (unpaired) electrons. The molecule has 0 amide bonds. The Morgan fingerprint density at radius 2 is 2.00 bits per heavy atom. The van der Waals surface area contributed by atoms with E-state index in [1.807, 2.05) is 14.1 Å². The lowest BCUT2D eigenvalue weighted by atomic mass is 10.3. The van der Waals surface area contributed by atoms with Gasteiger partial charge in [0.1, 0.15) is 0 Å². The Balaban J connectivity index is 2.54. The zero-order valence-corrected chi connectivity index (χ0v) is 12.8. The lowest BCUT2D eigenvalue weighted by molar-refractivity contribution is 0.394. The molecule has 0 unspecified atom stereocenters. The molecule has 0 aromatic heterocycles. The Kier molecular flexibility index (Phi) is 6.06. The number of benzene rings is 1. The molecule has 0 atom stereocenters. The summed E-state index contributed by atoms with van der Waals surface area (Å²) in [5.41, 5.74) is 5.92. The van der Waals surface area contributed by atoms with Crippen molar-refractivity contribution in [3.63, 3.8) is 0 Å². The summed E-state index contributed by atoms with van der Waals surface area (Å²) in [6, 6.07) is 4.30. The molecule has 1 aromatic carbocycles. The van der Waals surface area contributed by atoms with Gasteiger partial charge in [0.15, 0.2) is 0 Å². The minimum Gasteiger partial charge on any atom is -0.398 e. The summed E-state index contributed by atoms with van der Waals surface area (Å²) in [6.45, 7) is 1.35. The number of anilines is 1.